The number of alkyl carbamates (subject to hydrolysis) is 1. The maximum atomic E-state index is 12.3. The first-order valence-corrected chi connectivity index (χ1v) is 10.2. The Hall–Kier alpha value is -3.16. The fourth-order valence-corrected chi connectivity index (χ4v) is 2.98. The Morgan fingerprint density at radius 2 is 2.06 bits per heavy atom. The molecule has 2 rings (SSSR count). The average molecular weight is 432 g/mol. The molecule has 1 unspecified atom stereocenters. The standard InChI is InChI=1S/C21H28N4O6/c1-3-4-9-30-21(28)24-18(20(27)29-2)13-23-19(26)11-16-10-17(25-31-16)15-7-5-14(12-22)6-8-15/h5-8,16-18,25H,3-4,9-11,13H2,1-2H3,(H,23,26)(H,24,28)/t16-,17-,18?/m0/s1. The van der Waals surface area contributed by atoms with Gasteiger partial charge >= 0.3 is 12.1 Å². The van der Waals surface area contributed by atoms with E-state index in [1.807, 2.05) is 19.1 Å². The molecule has 0 aliphatic carbocycles. The molecule has 10 heteroatoms. The third kappa shape index (κ3) is 7.88. The van der Waals surface area contributed by atoms with Crippen molar-refractivity contribution in [2.75, 3.05) is 20.3 Å². The van der Waals surface area contributed by atoms with Gasteiger partial charge in [0.1, 0.15) is 6.04 Å². The Balaban J connectivity index is 1.78. The predicted molar refractivity (Wildman–Crippen MR) is 109 cm³/mol. The molecule has 0 bridgehead atoms. The number of carbonyl (C=O) groups excluding carboxylic acids is 3. The van der Waals surface area contributed by atoms with Crippen molar-refractivity contribution in [3.63, 3.8) is 0 Å². The number of nitrogens with zero attached hydrogens (tertiary/aromatic N) is 1. The van der Waals surface area contributed by atoms with Crippen LogP contribution < -0.4 is 16.1 Å². The number of hydroxylamine groups is 1. The van der Waals surface area contributed by atoms with Crippen LogP contribution in [0.25, 0.3) is 0 Å². The maximum absolute atomic E-state index is 12.3. The summed E-state index contributed by atoms with van der Waals surface area (Å²) >= 11 is 0. The van der Waals surface area contributed by atoms with Crippen molar-refractivity contribution in [2.45, 2.75) is 50.8 Å². The minimum atomic E-state index is -1.06. The zero-order valence-corrected chi connectivity index (χ0v) is 17.7. The van der Waals surface area contributed by atoms with Gasteiger partial charge in [-0.25, -0.2) is 9.59 Å². The first-order chi connectivity index (χ1) is 15.0. The van der Waals surface area contributed by atoms with E-state index >= 15 is 0 Å². The Labute approximate surface area is 181 Å². The van der Waals surface area contributed by atoms with Crippen molar-refractivity contribution in [2.24, 2.45) is 0 Å². The molecule has 1 aliphatic heterocycles. The minimum Gasteiger partial charge on any atom is -0.467 e. The molecule has 1 aromatic rings. The molecule has 3 atom stereocenters. The van der Waals surface area contributed by atoms with Crippen LogP contribution in [0.3, 0.4) is 0 Å². The van der Waals surface area contributed by atoms with Gasteiger partial charge in [-0.1, -0.05) is 25.5 Å². The number of benzene rings is 1. The number of ether oxygens (including phenoxy) is 2. The van der Waals surface area contributed by atoms with E-state index in [9.17, 15) is 14.4 Å². The number of nitriles is 1. The largest absolute Gasteiger partial charge is 0.467 e. The van der Waals surface area contributed by atoms with E-state index in [1.165, 1.54) is 7.11 Å². The molecule has 1 fully saturated rings. The maximum Gasteiger partial charge on any atom is 0.407 e. The summed E-state index contributed by atoms with van der Waals surface area (Å²) in [7, 11) is 1.20. The molecule has 1 aromatic carbocycles. The minimum absolute atomic E-state index is 0.0780. The second-order valence-corrected chi connectivity index (χ2v) is 7.10. The second-order valence-electron chi connectivity index (χ2n) is 7.10. The number of nitrogens with one attached hydrogen (secondary N) is 3. The van der Waals surface area contributed by atoms with Crippen LogP contribution in [-0.2, 0) is 23.9 Å². The van der Waals surface area contributed by atoms with Crippen LogP contribution in [0, 0.1) is 11.3 Å². The number of unbranched alkanes of at least 4 members (excludes halogenated alkanes) is 1. The zero-order valence-electron chi connectivity index (χ0n) is 17.7. The first-order valence-electron chi connectivity index (χ1n) is 10.2. The lowest BCUT2D eigenvalue weighted by atomic mass is 10.00. The van der Waals surface area contributed by atoms with E-state index in [0.717, 1.165) is 12.0 Å². The summed E-state index contributed by atoms with van der Waals surface area (Å²) in [5.41, 5.74) is 4.43. The van der Waals surface area contributed by atoms with E-state index in [-0.39, 0.29) is 37.6 Å². The third-order valence-corrected chi connectivity index (χ3v) is 4.74. The van der Waals surface area contributed by atoms with Gasteiger partial charge in [0.05, 0.1) is 43.9 Å². The Kier molecular flexibility index (Phi) is 9.74. The van der Waals surface area contributed by atoms with Crippen molar-refractivity contribution >= 4 is 18.0 Å². The van der Waals surface area contributed by atoms with Crippen LogP contribution in [-0.4, -0.2) is 50.4 Å². The van der Waals surface area contributed by atoms with Crippen molar-refractivity contribution < 1.29 is 28.7 Å². The van der Waals surface area contributed by atoms with E-state index in [0.29, 0.717) is 18.4 Å². The van der Waals surface area contributed by atoms with Gasteiger partial charge in [0.15, 0.2) is 0 Å². The molecular weight excluding hydrogens is 404 g/mol. The molecule has 168 valence electrons. The molecule has 10 nitrogen and oxygen atoms in total. The van der Waals surface area contributed by atoms with Gasteiger partial charge < -0.3 is 20.1 Å². The van der Waals surface area contributed by atoms with Gasteiger partial charge in [0, 0.05) is 6.54 Å². The van der Waals surface area contributed by atoms with Gasteiger partial charge in [-0.15, -0.1) is 0 Å². The van der Waals surface area contributed by atoms with Crippen molar-refractivity contribution in [1.82, 2.24) is 16.1 Å². The van der Waals surface area contributed by atoms with Gasteiger partial charge in [-0.2, -0.15) is 10.7 Å². The van der Waals surface area contributed by atoms with Crippen molar-refractivity contribution in [3.8, 4) is 6.07 Å². The molecule has 0 aromatic heterocycles. The molecule has 2 amide bonds. The van der Waals surface area contributed by atoms with Crippen LogP contribution in [0.15, 0.2) is 24.3 Å². The normalized spacial score (nSPS) is 18.5. The SMILES string of the molecule is CCCCOC(=O)NC(CNC(=O)C[C@@H]1C[C@@H](c2ccc(C#N)cc2)NO1)C(=O)OC. The zero-order chi connectivity index (χ0) is 22.6. The third-order valence-electron chi connectivity index (χ3n) is 4.74. The average Bonchev–Trinajstić information content (AvgIpc) is 3.24. The quantitative estimate of drug-likeness (QED) is 0.373. The lowest BCUT2D eigenvalue weighted by Crippen LogP contribution is -2.49. The summed E-state index contributed by atoms with van der Waals surface area (Å²) < 4.78 is 9.64. The van der Waals surface area contributed by atoms with Crippen LogP contribution in [0.5, 0.6) is 0 Å². The van der Waals surface area contributed by atoms with Gasteiger partial charge in [0.25, 0.3) is 0 Å². The van der Waals surface area contributed by atoms with Gasteiger partial charge in [-0.05, 0) is 30.5 Å². The van der Waals surface area contributed by atoms with Crippen LogP contribution in [0.4, 0.5) is 4.79 Å². The van der Waals surface area contributed by atoms with Crippen LogP contribution >= 0.6 is 0 Å². The fraction of sp³-hybridized carbons (Fsp3) is 0.524. The highest BCUT2D eigenvalue weighted by atomic mass is 16.7. The summed E-state index contributed by atoms with van der Waals surface area (Å²) in [6.07, 6.45) is 1.13. The Morgan fingerprint density at radius 1 is 1.32 bits per heavy atom. The molecule has 1 aliphatic rings. The lowest BCUT2D eigenvalue weighted by molar-refractivity contribution is -0.143. The molecule has 1 heterocycles. The summed E-state index contributed by atoms with van der Waals surface area (Å²) in [5.74, 6) is -1.02. The summed E-state index contributed by atoms with van der Waals surface area (Å²) in [5, 5.41) is 13.9. The summed E-state index contributed by atoms with van der Waals surface area (Å²) in [4.78, 5) is 41.4. The number of amides is 2. The smallest absolute Gasteiger partial charge is 0.407 e. The van der Waals surface area contributed by atoms with E-state index in [4.69, 9.17) is 14.8 Å². The molecule has 31 heavy (non-hydrogen) atoms. The highest BCUT2D eigenvalue weighted by molar-refractivity contribution is 5.83. The van der Waals surface area contributed by atoms with Crippen molar-refractivity contribution in [1.29, 1.82) is 5.26 Å². The van der Waals surface area contributed by atoms with Crippen molar-refractivity contribution in [3.05, 3.63) is 35.4 Å². The second kappa shape index (κ2) is 12.5. The number of hydrogen-bond donors (Lipinski definition) is 3. The van der Waals surface area contributed by atoms with E-state index in [2.05, 4.69) is 26.9 Å². The van der Waals surface area contributed by atoms with E-state index in [1.54, 1.807) is 12.1 Å². The number of hydrogen-bond acceptors (Lipinski definition) is 8. The lowest BCUT2D eigenvalue weighted by Gasteiger charge is -2.17. The first kappa shape index (κ1) is 24.1. The topological polar surface area (TPSA) is 139 Å². The number of esters is 1. The molecule has 0 radical (unpaired) electrons. The Bertz CT molecular complexity index is 792. The molecule has 0 saturated carbocycles. The van der Waals surface area contributed by atoms with Crippen LogP contribution in [0.2, 0.25) is 0 Å². The molecular formula is C21H28N4O6. The van der Waals surface area contributed by atoms with E-state index < -0.39 is 18.1 Å². The Morgan fingerprint density at radius 3 is 2.71 bits per heavy atom. The summed E-state index contributed by atoms with van der Waals surface area (Å²) in [6.45, 7) is 2.08. The summed E-state index contributed by atoms with van der Waals surface area (Å²) in [6, 6.07) is 8.06. The number of rotatable bonds is 10. The molecule has 1 saturated heterocycles. The molecule has 3 N–H and O–H groups in total. The van der Waals surface area contributed by atoms with Gasteiger partial charge in [-0.3, -0.25) is 9.63 Å². The highest BCUT2D eigenvalue weighted by Crippen LogP contribution is 2.27. The predicted octanol–water partition coefficient (Wildman–Crippen LogP) is 1.47. The monoisotopic (exact) mass is 432 g/mol. The highest BCUT2D eigenvalue weighted by Gasteiger charge is 2.29. The number of methoxy groups -OCH3 is 1. The fourth-order valence-electron chi connectivity index (χ4n) is 2.98. The molecule has 0 spiro atoms. The van der Waals surface area contributed by atoms with Crippen LogP contribution in [0.1, 0.15) is 49.8 Å². The van der Waals surface area contributed by atoms with Gasteiger partial charge in [0.2, 0.25) is 5.91 Å². The number of carbonyl (C=O) groups is 3.